The first-order chi connectivity index (χ1) is 9.06. The molecule has 0 unspecified atom stereocenters. The second-order valence-corrected chi connectivity index (χ2v) is 5.46. The van der Waals surface area contributed by atoms with Crippen LogP contribution in [0.5, 0.6) is 5.75 Å². The van der Waals surface area contributed by atoms with Gasteiger partial charge in [0.2, 0.25) is 0 Å². The maximum atomic E-state index is 12.0. The Kier molecular flexibility index (Phi) is 4.43. The van der Waals surface area contributed by atoms with Gasteiger partial charge < -0.3 is 15.3 Å². The Morgan fingerprint density at radius 2 is 2.11 bits per heavy atom. The van der Waals surface area contributed by atoms with E-state index < -0.39 is 0 Å². The fourth-order valence-electron chi connectivity index (χ4n) is 2.40. The average Bonchev–Trinajstić information content (AvgIpc) is 2.41. The molecular weight excluding hydrogens is 240 g/mol. The number of piperidine rings is 1. The molecular formula is C15H22N2O2. The van der Waals surface area contributed by atoms with Crippen LogP contribution in [0, 0.1) is 12.8 Å². The highest BCUT2D eigenvalue weighted by molar-refractivity contribution is 5.94. The van der Waals surface area contributed by atoms with E-state index >= 15 is 0 Å². The molecule has 0 spiro atoms. The van der Waals surface area contributed by atoms with Crippen molar-refractivity contribution in [1.29, 1.82) is 0 Å². The lowest BCUT2D eigenvalue weighted by Crippen LogP contribution is -2.36. The summed E-state index contributed by atoms with van der Waals surface area (Å²) in [6, 6.07) is 4.95. The summed E-state index contributed by atoms with van der Waals surface area (Å²) in [6.07, 6.45) is 2.29. The third-order valence-corrected chi connectivity index (χ3v) is 3.85. The van der Waals surface area contributed by atoms with Gasteiger partial charge in [0.05, 0.1) is 0 Å². The summed E-state index contributed by atoms with van der Waals surface area (Å²) in [7, 11) is 2.13. The molecule has 19 heavy (non-hydrogen) atoms. The van der Waals surface area contributed by atoms with E-state index in [1.54, 1.807) is 25.1 Å². The number of hydrogen-bond acceptors (Lipinski definition) is 3. The molecule has 0 aliphatic carbocycles. The molecule has 1 heterocycles. The van der Waals surface area contributed by atoms with E-state index in [1.807, 2.05) is 0 Å². The molecule has 4 heteroatoms. The molecule has 4 nitrogen and oxygen atoms in total. The van der Waals surface area contributed by atoms with E-state index in [9.17, 15) is 9.90 Å². The SMILES string of the molecule is Cc1cc(C(=O)NCC2CCN(C)CC2)ccc1O. The molecule has 2 N–H and O–H groups in total. The van der Waals surface area contributed by atoms with Gasteiger partial charge in [-0.25, -0.2) is 0 Å². The highest BCUT2D eigenvalue weighted by atomic mass is 16.3. The maximum Gasteiger partial charge on any atom is 0.251 e. The predicted molar refractivity (Wildman–Crippen MR) is 75.4 cm³/mol. The molecule has 104 valence electrons. The van der Waals surface area contributed by atoms with Gasteiger partial charge in [-0.15, -0.1) is 0 Å². The third-order valence-electron chi connectivity index (χ3n) is 3.85. The fourth-order valence-corrected chi connectivity index (χ4v) is 2.40. The summed E-state index contributed by atoms with van der Waals surface area (Å²) < 4.78 is 0. The minimum absolute atomic E-state index is 0.0537. The van der Waals surface area contributed by atoms with E-state index in [0.29, 0.717) is 11.5 Å². The number of aromatic hydroxyl groups is 1. The van der Waals surface area contributed by atoms with Gasteiger partial charge in [-0.05, 0) is 69.6 Å². The Morgan fingerprint density at radius 1 is 1.42 bits per heavy atom. The monoisotopic (exact) mass is 262 g/mol. The van der Waals surface area contributed by atoms with Gasteiger partial charge in [0, 0.05) is 12.1 Å². The van der Waals surface area contributed by atoms with E-state index in [4.69, 9.17) is 0 Å². The molecule has 0 bridgehead atoms. The first-order valence-corrected chi connectivity index (χ1v) is 6.82. The highest BCUT2D eigenvalue weighted by Crippen LogP contribution is 2.18. The summed E-state index contributed by atoms with van der Waals surface area (Å²) in [5.74, 6) is 0.757. The van der Waals surface area contributed by atoms with Crippen molar-refractivity contribution in [1.82, 2.24) is 10.2 Å². The molecule has 0 saturated carbocycles. The third kappa shape index (κ3) is 3.70. The summed E-state index contributed by atoms with van der Waals surface area (Å²) in [4.78, 5) is 14.3. The number of hydrogen-bond donors (Lipinski definition) is 2. The Bertz CT molecular complexity index is 451. The zero-order valence-corrected chi connectivity index (χ0v) is 11.6. The van der Waals surface area contributed by atoms with Gasteiger partial charge in [-0.1, -0.05) is 0 Å². The van der Waals surface area contributed by atoms with Crippen LogP contribution >= 0.6 is 0 Å². The number of carbonyl (C=O) groups excluding carboxylic acids is 1. The average molecular weight is 262 g/mol. The Balaban J connectivity index is 1.85. The van der Waals surface area contributed by atoms with Gasteiger partial charge in [0.1, 0.15) is 5.75 Å². The number of phenolic OH excluding ortho intramolecular Hbond substituents is 1. The minimum atomic E-state index is -0.0537. The van der Waals surface area contributed by atoms with E-state index in [-0.39, 0.29) is 11.7 Å². The van der Waals surface area contributed by atoms with Gasteiger partial charge in [0.25, 0.3) is 5.91 Å². The molecule has 1 aromatic carbocycles. The van der Waals surface area contributed by atoms with Crippen LogP contribution in [0.4, 0.5) is 0 Å². The first-order valence-electron chi connectivity index (χ1n) is 6.82. The summed E-state index contributed by atoms with van der Waals surface area (Å²) >= 11 is 0. The van der Waals surface area contributed by atoms with Crippen molar-refractivity contribution in [3.63, 3.8) is 0 Å². The van der Waals surface area contributed by atoms with E-state index in [1.165, 1.54) is 0 Å². The number of phenols is 1. The van der Waals surface area contributed by atoms with E-state index in [0.717, 1.165) is 38.0 Å². The van der Waals surface area contributed by atoms with Crippen LogP contribution in [0.25, 0.3) is 0 Å². The Morgan fingerprint density at radius 3 is 2.74 bits per heavy atom. The number of nitrogens with one attached hydrogen (secondary N) is 1. The van der Waals surface area contributed by atoms with Crippen molar-refractivity contribution in [2.75, 3.05) is 26.7 Å². The van der Waals surface area contributed by atoms with Gasteiger partial charge in [-0.2, -0.15) is 0 Å². The largest absolute Gasteiger partial charge is 0.508 e. The molecule has 2 rings (SSSR count). The zero-order valence-electron chi connectivity index (χ0n) is 11.6. The quantitative estimate of drug-likeness (QED) is 0.873. The molecule has 1 saturated heterocycles. The second-order valence-electron chi connectivity index (χ2n) is 5.46. The van der Waals surface area contributed by atoms with Crippen LogP contribution < -0.4 is 5.32 Å². The molecule has 1 aliphatic rings. The Labute approximate surface area is 114 Å². The summed E-state index contributed by atoms with van der Waals surface area (Å²) in [5.41, 5.74) is 1.34. The zero-order chi connectivity index (χ0) is 13.8. The van der Waals surface area contributed by atoms with Gasteiger partial charge >= 0.3 is 0 Å². The van der Waals surface area contributed by atoms with Crippen LogP contribution in [0.1, 0.15) is 28.8 Å². The molecule has 1 fully saturated rings. The minimum Gasteiger partial charge on any atom is -0.508 e. The van der Waals surface area contributed by atoms with Crippen LogP contribution in [0.2, 0.25) is 0 Å². The highest BCUT2D eigenvalue weighted by Gasteiger charge is 2.17. The van der Waals surface area contributed by atoms with Crippen LogP contribution in [-0.2, 0) is 0 Å². The Hall–Kier alpha value is -1.55. The van der Waals surface area contributed by atoms with Crippen molar-refractivity contribution in [3.05, 3.63) is 29.3 Å². The standard InChI is InChI=1S/C15H22N2O2/c1-11-9-13(3-4-14(11)18)15(19)16-10-12-5-7-17(2)8-6-12/h3-4,9,12,18H,5-8,10H2,1-2H3,(H,16,19). The molecule has 0 aromatic heterocycles. The molecule has 1 aliphatic heterocycles. The summed E-state index contributed by atoms with van der Waals surface area (Å²) in [5, 5.41) is 12.4. The van der Waals surface area contributed by atoms with Crippen molar-refractivity contribution < 1.29 is 9.90 Å². The number of carbonyl (C=O) groups is 1. The van der Waals surface area contributed by atoms with Gasteiger partial charge in [0.15, 0.2) is 0 Å². The fraction of sp³-hybridized carbons (Fsp3) is 0.533. The molecule has 1 amide bonds. The number of benzene rings is 1. The predicted octanol–water partition coefficient (Wildman–Crippen LogP) is 1.77. The number of rotatable bonds is 3. The number of likely N-dealkylation sites (tertiary alicyclic amines) is 1. The maximum absolute atomic E-state index is 12.0. The number of aryl methyl sites for hydroxylation is 1. The molecule has 1 aromatic rings. The molecule has 0 atom stereocenters. The lowest BCUT2D eigenvalue weighted by Gasteiger charge is -2.28. The number of amides is 1. The lowest BCUT2D eigenvalue weighted by atomic mass is 9.97. The topological polar surface area (TPSA) is 52.6 Å². The summed E-state index contributed by atoms with van der Waals surface area (Å²) in [6.45, 7) is 4.76. The number of nitrogens with zero attached hydrogens (tertiary/aromatic N) is 1. The van der Waals surface area contributed by atoms with Crippen molar-refractivity contribution in [2.45, 2.75) is 19.8 Å². The van der Waals surface area contributed by atoms with E-state index in [2.05, 4.69) is 17.3 Å². The van der Waals surface area contributed by atoms with Crippen molar-refractivity contribution in [2.24, 2.45) is 5.92 Å². The second kappa shape index (κ2) is 6.06. The smallest absolute Gasteiger partial charge is 0.251 e. The normalized spacial score (nSPS) is 17.4. The van der Waals surface area contributed by atoms with Crippen LogP contribution in [0.3, 0.4) is 0 Å². The van der Waals surface area contributed by atoms with Crippen molar-refractivity contribution >= 4 is 5.91 Å². The van der Waals surface area contributed by atoms with Crippen molar-refractivity contribution in [3.8, 4) is 5.75 Å². The molecule has 0 radical (unpaired) electrons. The van der Waals surface area contributed by atoms with Gasteiger partial charge in [-0.3, -0.25) is 4.79 Å². The van der Waals surface area contributed by atoms with Crippen LogP contribution in [0.15, 0.2) is 18.2 Å². The van der Waals surface area contributed by atoms with Crippen LogP contribution in [-0.4, -0.2) is 42.6 Å². The lowest BCUT2D eigenvalue weighted by molar-refractivity contribution is 0.0939. The first kappa shape index (κ1) is 13.9.